The molecule has 0 amide bonds. The van der Waals surface area contributed by atoms with E-state index in [1.807, 2.05) is 0 Å². The van der Waals surface area contributed by atoms with Crippen molar-refractivity contribution >= 4 is 9.84 Å². The molecule has 1 saturated heterocycles. The normalized spacial score (nSPS) is 33.4. The van der Waals surface area contributed by atoms with Gasteiger partial charge < -0.3 is 18.9 Å². The van der Waals surface area contributed by atoms with Crippen molar-refractivity contribution in [1.29, 1.82) is 0 Å². The second-order valence-corrected chi connectivity index (χ2v) is 6.91. The van der Waals surface area contributed by atoms with Gasteiger partial charge in [0, 0.05) is 27.8 Å². The van der Waals surface area contributed by atoms with E-state index >= 15 is 0 Å². The van der Waals surface area contributed by atoms with Crippen molar-refractivity contribution in [3.63, 3.8) is 0 Å². The minimum Gasteiger partial charge on any atom is -0.382 e. The van der Waals surface area contributed by atoms with Crippen LogP contribution >= 0.6 is 0 Å². The van der Waals surface area contributed by atoms with E-state index in [-0.39, 0.29) is 17.9 Å². The number of methoxy groups -OCH3 is 3. The summed E-state index contributed by atoms with van der Waals surface area (Å²) >= 11 is 0. The molecule has 0 spiro atoms. The lowest BCUT2D eigenvalue weighted by molar-refractivity contribution is -0.181. The van der Waals surface area contributed by atoms with Crippen molar-refractivity contribution in [2.45, 2.75) is 35.0 Å². The van der Waals surface area contributed by atoms with E-state index in [1.54, 1.807) is 18.2 Å². The number of hydrogen-bond acceptors (Lipinski definition) is 6. The highest BCUT2D eigenvalue weighted by molar-refractivity contribution is 7.91. The molecule has 1 heterocycles. The minimum atomic E-state index is -4.03. The molecule has 1 fully saturated rings. The van der Waals surface area contributed by atoms with Gasteiger partial charge in [0.15, 0.2) is 5.41 Å². The number of hydrogen-bond donors (Lipinski definition) is 0. The highest BCUT2D eigenvalue weighted by atomic mass is 32.2. The van der Waals surface area contributed by atoms with Gasteiger partial charge in [0.2, 0.25) is 9.84 Å². The van der Waals surface area contributed by atoms with Crippen molar-refractivity contribution in [3.05, 3.63) is 30.3 Å². The summed E-state index contributed by atoms with van der Waals surface area (Å²) in [4.78, 5) is 0.0388. The summed E-state index contributed by atoms with van der Waals surface area (Å²) in [6, 6.07) is 7.83. The van der Waals surface area contributed by atoms with Crippen LogP contribution < -0.4 is 0 Å². The summed E-state index contributed by atoms with van der Waals surface area (Å²) in [6.07, 6.45) is -1.98. The zero-order chi connectivity index (χ0) is 17.1. The maximum Gasteiger partial charge on any atom is 0.205 e. The Labute approximate surface area is 132 Å². The number of ether oxygens (including phenoxy) is 4. The van der Waals surface area contributed by atoms with E-state index in [1.165, 1.54) is 33.5 Å². The minimum absolute atomic E-state index is 0.0388. The molecule has 1 aromatic carbocycles. The van der Waals surface area contributed by atoms with Gasteiger partial charge in [-0.1, -0.05) is 18.2 Å². The molecule has 22 heavy (non-hydrogen) atoms. The number of benzene rings is 1. The Hall–Kier alpha value is -0.990. The summed E-state index contributed by atoms with van der Waals surface area (Å²) in [5, 5.41) is 0. The molecule has 0 N–H and O–H groups in total. The smallest absolute Gasteiger partial charge is 0.205 e. The fourth-order valence-corrected chi connectivity index (χ4v) is 3.93. The molecule has 124 valence electrons. The molecule has 7 heteroatoms. The van der Waals surface area contributed by atoms with Crippen LogP contribution in [0.25, 0.3) is 0 Å². The Bertz CT molecular complexity index is 608. The SMILES string of the molecule is [2H][C@]1(S(=O)(=O)c2ccccc2)C[C@@H](OC)[C@H](OC)[C@@H](COC)O1. The predicted molar refractivity (Wildman–Crippen MR) is 80.4 cm³/mol. The molecule has 4 atom stereocenters. The molecule has 0 radical (unpaired) electrons. The van der Waals surface area contributed by atoms with E-state index in [2.05, 4.69) is 0 Å². The monoisotopic (exact) mass is 331 g/mol. The zero-order valence-electron chi connectivity index (χ0n) is 13.9. The van der Waals surface area contributed by atoms with Gasteiger partial charge in [-0.15, -0.1) is 0 Å². The first kappa shape index (κ1) is 15.9. The zero-order valence-corrected chi connectivity index (χ0v) is 13.7. The molecule has 0 unspecified atom stereocenters. The number of rotatable bonds is 6. The van der Waals surface area contributed by atoms with Crippen molar-refractivity contribution in [3.8, 4) is 0 Å². The largest absolute Gasteiger partial charge is 0.382 e. The molecule has 0 aliphatic carbocycles. The lowest BCUT2D eigenvalue weighted by Crippen LogP contribution is -2.53. The third-order valence-corrected chi connectivity index (χ3v) is 5.40. The van der Waals surface area contributed by atoms with Crippen LogP contribution in [-0.2, 0) is 28.8 Å². The Morgan fingerprint density at radius 2 is 1.91 bits per heavy atom. The molecular formula is C15H22O6S. The van der Waals surface area contributed by atoms with Gasteiger partial charge in [0.05, 0.1) is 19.0 Å². The fraction of sp³-hybridized carbons (Fsp3) is 0.600. The second-order valence-electron chi connectivity index (χ2n) is 4.98. The van der Waals surface area contributed by atoms with E-state index in [0.717, 1.165) is 0 Å². The third-order valence-electron chi connectivity index (χ3n) is 3.64. The lowest BCUT2D eigenvalue weighted by Gasteiger charge is -2.39. The quantitative estimate of drug-likeness (QED) is 0.781. The van der Waals surface area contributed by atoms with E-state index in [0.29, 0.717) is 0 Å². The highest BCUT2D eigenvalue weighted by Crippen LogP contribution is 2.30. The molecule has 0 aromatic heterocycles. The first-order chi connectivity index (χ1) is 10.9. The summed E-state index contributed by atoms with van der Waals surface area (Å²) in [5.74, 6) is 0. The highest BCUT2D eigenvalue weighted by Gasteiger charge is 2.44. The lowest BCUT2D eigenvalue weighted by atomic mass is 10.0. The van der Waals surface area contributed by atoms with Crippen molar-refractivity contribution in [2.75, 3.05) is 27.9 Å². The topological polar surface area (TPSA) is 71.1 Å². The van der Waals surface area contributed by atoms with Gasteiger partial charge in [-0.3, -0.25) is 0 Å². The summed E-state index contributed by atoms with van der Waals surface area (Å²) in [6.45, 7) is 0.101. The van der Waals surface area contributed by atoms with Crippen LogP contribution in [-0.4, -0.2) is 60.1 Å². The van der Waals surface area contributed by atoms with Crippen LogP contribution in [0.15, 0.2) is 35.2 Å². The van der Waals surface area contributed by atoms with E-state index < -0.39 is 33.6 Å². The predicted octanol–water partition coefficient (Wildman–Crippen LogP) is 1.25. The first-order valence-electron chi connectivity index (χ1n) is 7.41. The molecule has 1 aromatic rings. The van der Waals surface area contributed by atoms with E-state index in [9.17, 15) is 8.42 Å². The third kappa shape index (κ3) is 3.49. The Kier molecular flexibility index (Phi) is 5.43. The Balaban J connectivity index is 2.40. The van der Waals surface area contributed by atoms with Gasteiger partial charge in [-0.05, 0) is 12.1 Å². The van der Waals surface area contributed by atoms with Gasteiger partial charge >= 0.3 is 0 Å². The van der Waals surface area contributed by atoms with Crippen molar-refractivity contribution in [1.82, 2.24) is 0 Å². The molecular weight excluding hydrogens is 308 g/mol. The molecule has 6 nitrogen and oxygen atoms in total. The fourth-order valence-electron chi connectivity index (χ4n) is 2.52. The van der Waals surface area contributed by atoms with E-state index in [4.69, 9.17) is 20.3 Å². The first-order valence-corrected chi connectivity index (χ1v) is 8.40. The molecule has 1 aliphatic rings. The van der Waals surface area contributed by atoms with Gasteiger partial charge in [-0.25, -0.2) is 8.42 Å². The summed E-state index contributed by atoms with van der Waals surface area (Å²) in [5.41, 5.74) is -2.16. The van der Waals surface area contributed by atoms with Crippen LogP contribution in [0.2, 0.25) is 0 Å². The summed E-state index contributed by atoms with van der Waals surface area (Å²) in [7, 11) is 0.393. The van der Waals surface area contributed by atoms with Crippen LogP contribution in [0.5, 0.6) is 0 Å². The van der Waals surface area contributed by atoms with Crippen LogP contribution in [0.3, 0.4) is 0 Å². The number of sulfone groups is 1. The van der Waals surface area contributed by atoms with Crippen LogP contribution in [0.1, 0.15) is 7.79 Å². The molecule has 0 bridgehead atoms. The maximum absolute atomic E-state index is 12.9. The average Bonchev–Trinajstić information content (AvgIpc) is 2.55. The summed E-state index contributed by atoms with van der Waals surface area (Å²) < 4.78 is 55.6. The maximum atomic E-state index is 12.9. The van der Waals surface area contributed by atoms with Crippen molar-refractivity contribution < 1.29 is 28.7 Å². The van der Waals surface area contributed by atoms with Gasteiger partial charge in [-0.2, -0.15) is 0 Å². The van der Waals surface area contributed by atoms with Gasteiger partial charge in [0.1, 0.15) is 12.2 Å². The Morgan fingerprint density at radius 3 is 2.45 bits per heavy atom. The Morgan fingerprint density at radius 1 is 1.23 bits per heavy atom. The van der Waals surface area contributed by atoms with Crippen LogP contribution in [0.4, 0.5) is 0 Å². The van der Waals surface area contributed by atoms with Gasteiger partial charge in [0.25, 0.3) is 0 Å². The van der Waals surface area contributed by atoms with Crippen LogP contribution in [0, 0.1) is 0 Å². The molecule has 0 saturated carbocycles. The second kappa shape index (κ2) is 7.52. The molecule has 2 rings (SSSR count). The molecule has 1 aliphatic heterocycles. The van der Waals surface area contributed by atoms with Crippen molar-refractivity contribution in [2.24, 2.45) is 0 Å². The standard InChI is InChI=1S/C15H22O6S/c1-18-10-13-15(20-3)12(19-2)9-14(21-13)22(16,17)11-7-5-4-6-8-11/h4-8,12-15H,9-10H2,1-3H3/t12-,13-,14+,15+/m1/s1/i14D. The average molecular weight is 331 g/mol.